The van der Waals surface area contributed by atoms with Crippen LogP contribution in [0.25, 0.3) is 0 Å². The highest BCUT2D eigenvalue weighted by Gasteiger charge is 2.12. The van der Waals surface area contributed by atoms with Crippen LogP contribution in [0.1, 0.15) is 10.5 Å². The Labute approximate surface area is 69.8 Å². The molecule has 1 rings (SSSR count). The molecular weight excluding hydrogens is 158 g/mol. The highest BCUT2D eigenvalue weighted by molar-refractivity contribution is 5.92. The van der Waals surface area contributed by atoms with Gasteiger partial charge in [-0.3, -0.25) is 0 Å². The molecule has 0 aromatic carbocycles. The zero-order valence-corrected chi connectivity index (χ0v) is 6.87. The lowest BCUT2D eigenvalue weighted by Gasteiger charge is -2.02. The van der Waals surface area contributed by atoms with Crippen molar-refractivity contribution in [2.24, 2.45) is 0 Å². The number of esters is 1. The molecule has 0 radical (unpaired) electrons. The van der Waals surface area contributed by atoms with Crippen molar-refractivity contribution < 1.29 is 9.53 Å². The van der Waals surface area contributed by atoms with Crippen molar-refractivity contribution in [1.82, 2.24) is 9.97 Å². The highest BCUT2D eigenvalue weighted by atomic mass is 16.5. The van der Waals surface area contributed by atoms with E-state index in [0.717, 1.165) is 0 Å². The SMILES string of the molecule is CNc1nccnc1C(=O)OC. The molecule has 0 amide bonds. The highest BCUT2D eigenvalue weighted by Crippen LogP contribution is 2.07. The maximum absolute atomic E-state index is 11.0. The molecule has 1 heterocycles. The molecule has 0 saturated carbocycles. The van der Waals surface area contributed by atoms with Crippen molar-refractivity contribution in [1.29, 1.82) is 0 Å². The van der Waals surface area contributed by atoms with Gasteiger partial charge in [-0.05, 0) is 0 Å². The number of ether oxygens (including phenoxy) is 1. The summed E-state index contributed by atoms with van der Waals surface area (Å²) in [6.07, 6.45) is 2.94. The smallest absolute Gasteiger partial charge is 0.360 e. The molecule has 0 fully saturated rings. The fourth-order valence-electron chi connectivity index (χ4n) is 0.767. The van der Waals surface area contributed by atoms with Crippen molar-refractivity contribution in [3.8, 4) is 0 Å². The standard InChI is InChI=1S/C7H9N3O2/c1-8-6-5(7(11)12-2)9-3-4-10-6/h3-4H,1-2H3,(H,8,10). The summed E-state index contributed by atoms with van der Waals surface area (Å²) < 4.78 is 4.50. The molecule has 0 saturated heterocycles. The van der Waals surface area contributed by atoms with E-state index in [9.17, 15) is 4.79 Å². The maximum Gasteiger partial charge on any atom is 0.360 e. The predicted molar refractivity (Wildman–Crippen MR) is 42.9 cm³/mol. The van der Waals surface area contributed by atoms with Crippen LogP contribution in [0.5, 0.6) is 0 Å². The Morgan fingerprint density at radius 1 is 1.50 bits per heavy atom. The zero-order chi connectivity index (χ0) is 8.97. The average molecular weight is 167 g/mol. The van der Waals surface area contributed by atoms with Gasteiger partial charge in [-0.25, -0.2) is 14.8 Å². The molecule has 0 bridgehead atoms. The molecule has 1 aromatic heterocycles. The second-order valence-corrected chi connectivity index (χ2v) is 2.00. The van der Waals surface area contributed by atoms with E-state index < -0.39 is 5.97 Å². The van der Waals surface area contributed by atoms with Crippen molar-refractivity contribution in [3.63, 3.8) is 0 Å². The summed E-state index contributed by atoms with van der Waals surface area (Å²) in [6.45, 7) is 0. The van der Waals surface area contributed by atoms with Crippen LogP contribution < -0.4 is 5.32 Å². The minimum Gasteiger partial charge on any atom is -0.464 e. The van der Waals surface area contributed by atoms with Gasteiger partial charge in [-0.15, -0.1) is 0 Å². The zero-order valence-electron chi connectivity index (χ0n) is 6.87. The number of carbonyl (C=O) groups excluding carboxylic acids is 1. The number of hydrogen-bond acceptors (Lipinski definition) is 5. The molecule has 0 spiro atoms. The third kappa shape index (κ3) is 1.50. The van der Waals surface area contributed by atoms with Crippen molar-refractivity contribution in [2.45, 2.75) is 0 Å². The number of nitrogens with one attached hydrogen (secondary N) is 1. The van der Waals surface area contributed by atoms with E-state index >= 15 is 0 Å². The van der Waals surface area contributed by atoms with Gasteiger partial charge in [0.05, 0.1) is 7.11 Å². The Balaban J connectivity index is 3.04. The van der Waals surface area contributed by atoms with Gasteiger partial charge in [0.2, 0.25) is 0 Å². The Kier molecular flexibility index (Phi) is 2.57. The number of hydrogen-bond donors (Lipinski definition) is 1. The number of aromatic nitrogens is 2. The summed E-state index contributed by atoms with van der Waals surface area (Å²) in [4.78, 5) is 18.7. The minimum atomic E-state index is -0.493. The van der Waals surface area contributed by atoms with E-state index in [2.05, 4.69) is 20.0 Å². The van der Waals surface area contributed by atoms with E-state index in [1.165, 1.54) is 19.5 Å². The average Bonchev–Trinajstić information content (AvgIpc) is 2.16. The minimum absolute atomic E-state index is 0.197. The first-order valence-electron chi connectivity index (χ1n) is 3.36. The number of anilines is 1. The number of methoxy groups -OCH3 is 1. The van der Waals surface area contributed by atoms with Crippen molar-refractivity contribution >= 4 is 11.8 Å². The van der Waals surface area contributed by atoms with E-state index in [1.54, 1.807) is 7.05 Å². The van der Waals surface area contributed by atoms with Crippen LogP contribution in [0, 0.1) is 0 Å². The van der Waals surface area contributed by atoms with Crippen LogP contribution in [0.15, 0.2) is 12.4 Å². The molecule has 1 aromatic rings. The largest absolute Gasteiger partial charge is 0.464 e. The van der Waals surface area contributed by atoms with E-state index in [-0.39, 0.29) is 5.69 Å². The molecule has 0 atom stereocenters. The molecule has 1 N–H and O–H groups in total. The molecular formula is C7H9N3O2. The molecule has 0 aliphatic carbocycles. The first-order chi connectivity index (χ1) is 5.79. The second kappa shape index (κ2) is 3.66. The molecule has 0 aliphatic heterocycles. The summed E-state index contributed by atoms with van der Waals surface area (Å²) in [6, 6.07) is 0. The van der Waals surface area contributed by atoms with Crippen molar-refractivity contribution in [2.75, 3.05) is 19.5 Å². The third-order valence-electron chi connectivity index (χ3n) is 1.31. The molecule has 5 heteroatoms. The second-order valence-electron chi connectivity index (χ2n) is 2.00. The molecule has 12 heavy (non-hydrogen) atoms. The van der Waals surface area contributed by atoms with E-state index in [4.69, 9.17) is 0 Å². The molecule has 0 unspecified atom stereocenters. The van der Waals surface area contributed by atoms with Gasteiger partial charge in [0.25, 0.3) is 0 Å². The summed E-state index contributed by atoms with van der Waals surface area (Å²) in [5, 5.41) is 2.74. The fraction of sp³-hybridized carbons (Fsp3) is 0.286. The van der Waals surface area contributed by atoms with Crippen LogP contribution >= 0.6 is 0 Å². The Hall–Kier alpha value is -1.65. The fourth-order valence-corrected chi connectivity index (χ4v) is 0.767. The maximum atomic E-state index is 11.0. The third-order valence-corrected chi connectivity index (χ3v) is 1.31. The predicted octanol–water partition coefficient (Wildman–Crippen LogP) is 0.305. The Morgan fingerprint density at radius 2 is 2.17 bits per heavy atom. The lowest BCUT2D eigenvalue weighted by atomic mass is 10.4. The number of nitrogens with zero attached hydrogens (tertiary/aromatic N) is 2. The van der Waals surface area contributed by atoms with Gasteiger partial charge in [-0.2, -0.15) is 0 Å². The van der Waals surface area contributed by atoms with Crippen molar-refractivity contribution in [3.05, 3.63) is 18.1 Å². The number of rotatable bonds is 2. The van der Waals surface area contributed by atoms with Gasteiger partial charge in [0.1, 0.15) is 0 Å². The Morgan fingerprint density at radius 3 is 2.75 bits per heavy atom. The van der Waals surface area contributed by atoms with Gasteiger partial charge in [0, 0.05) is 19.4 Å². The summed E-state index contributed by atoms with van der Waals surface area (Å²) >= 11 is 0. The monoisotopic (exact) mass is 167 g/mol. The van der Waals surface area contributed by atoms with Gasteiger partial charge < -0.3 is 10.1 Å². The number of carbonyl (C=O) groups is 1. The van der Waals surface area contributed by atoms with Crippen LogP contribution in [-0.2, 0) is 4.74 Å². The quantitative estimate of drug-likeness (QED) is 0.642. The van der Waals surface area contributed by atoms with Gasteiger partial charge in [0.15, 0.2) is 11.5 Å². The van der Waals surface area contributed by atoms with Crippen LogP contribution in [0.2, 0.25) is 0 Å². The van der Waals surface area contributed by atoms with Crippen LogP contribution in [-0.4, -0.2) is 30.1 Å². The summed E-state index contributed by atoms with van der Waals surface area (Å²) in [5.74, 6) is -0.0724. The topological polar surface area (TPSA) is 64.1 Å². The van der Waals surface area contributed by atoms with Gasteiger partial charge in [-0.1, -0.05) is 0 Å². The Bertz CT molecular complexity index is 288. The first kappa shape index (κ1) is 8.45. The first-order valence-corrected chi connectivity index (χ1v) is 3.36. The van der Waals surface area contributed by atoms with Crippen LogP contribution in [0.3, 0.4) is 0 Å². The molecule has 64 valence electrons. The van der Waals surface area contributed by atoms with Gasteiger partial charge >= 0.3 is 5.97 Å². The lowest BCUT2D eigenvalue weighted by molar-refractivity contribution is 0.0595. The normalized spacial score (nSPS) is 9.17. The van der Waals surface area contributed by atoms with E-state index in [1.807, 2.05) is 0 Å². The van der Waals surface area contributed by atoms with Crippen LogP contribution in [0.4, 0.5) is 5.82 Å². The molecule has 5 nitrogen and oxygen atoms in total. The summed E-state index contributed by atoms with van der Waals surface area (Å²) in [7, 11) is 2.97. The lowest BCUT2D eigenvalue weighted by Crippen LogP contribution is -2.09. The molecule has 0 aliphatic rings. The van der Waals surface area contributed by atoms with E-state index in [0.29, 0.717) is 5.82 Å². The summed E-state index contributed by atoms with van der Waals surface area (Å²) in [5.41, 5.74) is 0.197.